The van der Waals surface area contributed by atoms with Crippen molar-refractivity contribution in [3.63, 3.8) is 0 Å². The fourth-order valence-corrected chi connectivity index (χ4v) is 3.73. The van der Waals surface area contributed by atoms with Crippen LogP contribution in [0.25, 0.3) is 0 Å². The average Bonchev–Trinajstić information content (AvgIpc) is 2.38. The van der Waals surface area contributed by atoms with Crippen molar-refractivity contribution in [3.05, 3.63) is 0 Å². The Bertz CT molecular complexity index is 299. The number of rotatable bonds is 4. The molecule has 2 rings (SSSR count). The molecule has 0 aromatic heterocycles. The number of hydrogen-bond donors (Lipinski definition) is 0. The summed E-state index contributed by atoms with van der Waals surface area (Å²) in [6.45, 7) is 10.3. The smallest absolute Gasteiger partial charge is 0.263 e. The van der Waals surface area contributed by atoms with Gasteiger partial charge in [0.15, 0.2) is 0 Å². The van der Waals surface area contributed by atoms with E-state index in [0.717, 1.165) is 39.0 Å². The van der Waals surface area contributed by atoms with Gasteiger partial charge in [0.1, 0.15) is 0 Å². The SMILES string of the molecule is CCC1CCN(CC2CCN(C(C)C)CC2)CC1(F)F. The molecule has 4 heteroatoms. The van der Waals surface area contributed by atoms with Crippen molar-refractivity contribution < 1.29 is 8.78 Å². The van der Waals surface area contributed by atoms with Gasteiger partial charge in [-0.2, -0.15) is 0 Å². The lowest BCUT2D eigenvalue weighted by atomic mass is 9.89. The molecule has 2 heterocycles. The summed E-state index contributed by atoms with van der Waals surface area (Å²) in [5.74, 6) is -2.27. The highest BCUT2D eigenvalue weighted by Crippen LogP contribution is 2.35. The minimum atomic E-state index is -2.48. The molecule has 0 aliphatic carbocycles. The summed E-state index contributed by atoms with van der Waals surface area (Å²) in [4.78, 5) is 4.51. The first-order valence-corrected chi connectivity index (χ1v) is 8.26. The Morgan fingerprint density at radius 2 is 1.75 bits per heavy atom. The summed E-state index contributed by atoms with van der Waals surface area (Å²) in [5, 5.41) is 0. The fourth-order valence-electron chi connectivity index (χ4n) is 3.73. The van der Waals surface area contributed by atoms with E-state index in [1.165, 1.54) is 0 Å². The van der Waals surface area contributed by atoms with Crippen LogP contribution in [0.5, 0.6) is 0 Å². The molecular weight excluding hydrogens is 258 g/mol. The lowest BCUT2D eigenvalue weighted by molar-refractivity contribution is -0.115. The Labute approximate surface area is 122 Å². The standard InChI is InChI=1S/C16H30F2N2/c1-4-15-7-8-19(12-16(15,17)18)11-14-5-9-20(10-6-14)13(2)3/h13-15H,4-12H2,1-3H3. The lowest BCUT2D eigenvalue weighted by Gasteiger charge is -2.41. The van der Waals surface area contributed by atoms with Crippen molar-refractivity contribution in [2.24, 2.45) is 11.8 Å². The van der Waals surface area contributed by atoms with Crippen LogP contribution in [-0.2, 0) is 0 Å². The molecule has 0 bridgehead atoms. The van der Waals surface area contributed by atoms with Crippen molar-refractivity contribution in [3.8, 4) is 0 Å². The molecule has 0 spiro atoms. The van der Waals surface area contributed by atoms with E-state index in [0.29, 0.717) is 24.8 Å². The Balaban J connectivity index is 1.78. The van der Waals surface area contributed by atoms with Crippen molar-refractivity contribution >= 4 is 0 Å². The zero-order chi connectivity index (χ0) is 14.8. The molecule has 0 saturated carbocycles. The summed E-state index contributed by atoms with van der Waals surface area (Å²) in [5.41, 5.74) is 0. The van der Waals surface area contributed by atoms with Crippen LogP contribution in [0.1, 0.15) is 46.5 Å². The van der Waals surface area contributed by atoms with Gasteiger partial charge in [-0.25, -0.2) is 8.78 Å². The average molecular weight is 288 g/mol. The van der Waals surface area contributed by atoms with E-state index >= 15 is 0 Å². The van der Waals surface area contributed by atoms with E-state index in [-0.39, 0.29) is 6.54 Å². The van der Waals surface area contributed by atoms with Gasteiger partial charge in [-0.05, 0) is 65.1 Å². The Morgan fingerprint density at radius 1 is 1.10 bits per heavy atom. The van der Waals surface area contributed by atoms with Crippen molar-refractivity contribution in [1.29, 1.82) is 0 Å². The predicted molar refractivity (Wildman–Crippen MR) is 79.2 cm³/mol. The van der Waals surface area contributed by atoms with E-state index < -0.39 is 11.8 Å². The topological polar surface area (TPSA) is 6.48 Å². The van der Waals surface area contributed by atoms with E-state index in [4.69, 9.17) is 0 Å². The van der Waals surface area contributed by atoms with Gasteiger partial charge in [-0.15, -0.1) is 0 Å². The normalized spacial score (nSPS) is 30.0. The maximum absolute atomic E-state index is 14.0. The Morgan fingerprint density at radius 3 is 2.25 bits per heavy atom. The van der Waals surface area contributed by atoms with Crippen molar-refractivity contribution in [2.75, 3.05) is 32.7 Å². The maximum atomic E-state index is 14.0. The fraction of sp³-hybridized carbons (Fsp3) is 1.00. The van der Waals surface area contributed by atoms with Crippen LogP contribution in [0.15, 0.2) is 0 Å². The van der Waals surface area contributed by atoms with Gasteiger partial charge < -0.3 is 4.90 Å². The zero-order valence-corrected chi connectivity index (χ0v) is 13.2. The van der Waals surface area contributed by atoms with Crippen LogP contribution < -0.4 is 0 Å². The molecule has 2 aliphatic rings. The quantitative estimate of drug-likeness (QED) is 0.781. The molecule has 1 unspecified atom stereocenters. The van der Waals surface area contributed by atoms with Gasteiger partial charge in [0.25, 0.3) is 5.92 Å². The first-order chi connectivity index (χ1) is 9.42. The van der Waals surface area contributed by atoms with Crippen molar-refractivity contribution in [1.82, 2.24) is 9.80 Å². The number of halogens is 2. The third-order valence-corrected chi connectivity index (χ3v) is 5.21. The molecule has 0 aromatic carbocycles. The summed E-state index contributed by atoms with van der Waals surface area (Å²) in [7, 11) is 0. The third kappa shape index (κ3) is 3.91. The molecular formula is C16H30F2N2. The second-order valence-corrected chi connectivity index (χ2v) is 6.96. The van der Waals surface area contributed by atoms with Gasteiger partial charge in [0.05, 0.1) is 6.54 Å². The molecule has 1 atom stereocenters. The molecule has 0 radical (unpaired) electrons. The Hall–Kier alpha value is -0.220. The number of nitrogens with zero attached hydrogens (tertiary/aromatic N) is 2. The van der Waals surface area contributed by atoms with Crippen LogP contribution in [0, 0.1) is 11.8 Å². The summed E-state index contributed by atoms with van der Waals surface area (Å²) < 4.78 is 28.0. The van der Waals surface area contributed by atoms with Crippen LogP contribution in [0.2, 0.25) is 0 Å². The zero-order valence-electron chi connectivity index (χ0n) is 13.2. The monoisotopic (exact) mass is 288 g/mol. The summed E-state index contributed by atoms with van der Waals surface area (Å²) in [6.07, 6.45) is 3.59. The van der Waals surface area contributed by atoms with E-state index in [2.05, 4.69) is 18.7 Å². The highest BCUT2D eigenvalue weighted by Gasteiger charge is 2.43. The van der Waals surface area contributed by atoms with Crippen molar-refractivity contribution in [2.45, 2.75) is 58.4 Å². The third-order valence-electron chi connectivity index (χ3n) is 5.21. The first-order valence-electron chi connectivity index (χ1n) is 8.26. The second kappa shape index (κ2) is 6.69. The molecule has 2 fully saturated rings. The van der Waals surface area contributed by atoms with Gasteiger partial charge in [-0.1, -0.05) is 6.92 Å². The van der Waals surface area contributed by atoms with Gasteiger partial charge in [-0.3, -0.25) is 4.90 Å². The van der Waals surface area contributed by atoms with E-state index in [9.17, 15) is 8.78 Å². The second-order valence-electron chi connectivity index (χ2n) is 6.96. The highest BCUT2D eigenvalue weighted by atomic mass is 19.3. The minimum absolute atomic E-state index is 0.0180. The largest absolute Gasteiger partial charge is 0.301 e. The molecule has 2 nitrogen and oxygen atoms in total. The maximum Gasteiger partial charge on any atom is 0.263 e. The molecule has 2 saturated heterocycles. The van der Waals surface area contributed by atoms with Crippen LogP contribution >= 0.6 is 0 Å². The van der Waals surface area contributed by atoms with Crippen LogP contribution in [0.4, 0.5) is 8.78 Å². The van der Waals surface area contributed by atoms with Gasteiger partial charge >= 0.3 is 0 Å². The molecule has 118 valence electrons. The lowest BCUT2D eigenvalue weighted by Crippen LogP contribution is -2.50. The van der Waals surface area contributed by atoms with Gasteiger partial charge in [0.2, 0.25) is 0 Å². The highest BCUT2D eigenvalue weighted by molar-refractivity contribution is 4.87. The number of piperidine rings is 2. The van der Waals surface area contributed by atoms with E-state index in [1.807, 2.05) is 11.8 Å². The van der Waals surface area contributed by atoms with E-state index in [1.54, 1.807) is 0 Å². The molecule has 20 heavy (non-hydrogen) atoms. The first kappa shape index (κ1) is 16.2. The van der Waals surface area contributed by atoms with Crippen LogP contribution in [0.3, 0.4) is 0 Å². The number of hydrogen-bond acceptors (Lipinski definition) is 2. The molecule has 0 amide bonds. The molecule has 0 N–H and O–H groups in total. The minimum Gasteiger partial charge on any atom is -0.301 e. The number of likely N-dealkylation sites (tertiary alicyclic amines) is 2. The van der Waals surface area contributed by atoms with Crippen LogP contribution in [-0.4, -0.2) is 54.5 Å². The summed E-state index contributed by atoms with van der Waals surface area (Å²) >= 11 is 0. The molecule has 2 aliphatic heterocycles. The van der Waals surface area contributed by atoms with Gasteiger partial charge in [0, 0.05) is 18.5 Å². The Kier molecular flexibility index (Phi) is 5.41. The number of alkyl halides is 2. The molecule has 0 aromatic rings. The predicted octanol–water partition coefficient (Wildman–Crippen LogP) is 3.47. The summed E-state index contributed by atoms with van der Waals surface area (Å²) in [6, 6.07) is 0.612.